The molecule has 0 spiro atoms. The predicted molar refractivity (Wildman–Crippen MR) is 115 cm³/mol. The van der Waals surface area contributed by atoms with Crippen molar-refractivity contribution >= 4 is 46.4 Å². The van der Waals surface area contributed by atoms with Crippen LogP contribution in [-0.4, -0.2) is 30.8 Å². The maximum Gasteiger partial charge on any atom is 0.342 e. The van der Waals surface area contributed by atoms with Crippen molar-refractivity contribution in [1.82, 2.24) is 19.7 Å². The van der Waals surface area contributed by atoms with Gasteiger partial charge in [0.05, 0.1) is 0 Å². The number of aromatic nitrogens is 4. The normalized spacial score (nSPS) is 11.8. The first-order chi connectivity index (χ1) is 12.8. The molecule has 8 heteroatoms. The van der Waals surface area contributed by atoms with Gasteiger partial charge in [0.15, 0.2) is 0 Å². The van der Waals surface area contributed by atoms with E-state index in [1.807, 2.05) is 19.9 Å². The molecule has 0 bridgehead atoms. The van der Waals surface area contributed by atoms with E-state index >= 15 is 0 Å². The van der Waals surface area contributed by atoms with E-state index in [9.17, 15) is 9.90 Å². The lowest BCUT2D eigenvalue weighted by atomic mass is 10.2. The standard InChI is InChI=1S/C19H19IN4O2S/c1-10-5-6-15(9-16(10)20)24-11(2)7-14(12(24)3)8-17(18(25)26)27-19-21-13(4)22-23-19/h5-9H,1-4H3,(H,25,26)(H,21,22,23)/b17-8-. The van der Waals surface area contributed by atoms with Crippen LogP contribution in [0.1, 0.15) is 28.3 Å². The highest BCUT2D eigenvalue weighted by molar-refractivity contribution is 14.1. The van der Waals surface area contributed by atoms with Crippen LogP contribution in [0.25, 0.3) is 11.8 Å². The van der Waals surface area contributed by atoms with Gasteiger partial charge < -0.3 is 9.67 Å². The molecule has 0 aliphatic carbocycles. The summed E-state index contributed by atoms with van der Waals surface area (Å²) in [6.45, 7) is 7.87. The molecule has 6 nitrogen and oxygen atoms in total. The summed E-state index contributed by atoms with van der Waals surface area (Å²) in [7, 11) is 0. The fourth-order valence-corrected chi connectivity index (χ4v) is 4.04. The molecule has 0 saturated carbocycles. The predicted octanol–water partition coefficient (Wildman–Crippen LogP) is 4.65. The van der Waals surface area contributed by atoms with Gasteiger partial charge in [-0.25, -0.2) is 9.78 Å². The molecule has 2 heterocycles. The Kier molecular flexibility index (Phi) is 5.75. The zero-order valence-corrected chi connectivity index (χ0v) is 18.3. The molecule has 2 N–H and O–H groups in total. The molecule has 0 radical (unpaired) electrons. The third kappa shape index (κ3) is 4.27. The van der Waals surface area contributed by atoms with Crippen LogP contribution in [-0.2, 0) is 4.79 Å². The quantitative estimate of drug-likeness (QED) is 0.307. The van der Waals surface area contributed by atoms with Crippen molar-refractivity contribution in [2.45, 2.75) is 32.9 Å². The summed E-state index contributed by atoms with van der Waals surface area (Å²) in [5.41, 5.74) is 5.18. The van der Waals surface area contributed by atoms with Gasteiger partial charge in [-0.1, -0.05) is 6.07 Å². The van der Waals surface area contributed by atoms with E-state index in [0.29, 0.717) is 11.0 Å². The van der Waals surface area contributed by atoms with Crippen molar-refractivity contribution in [2.24, 2.45) is 0 Å². The van der Waals surface area contributed by atoms with E-state index in [0.717, 1.165) is 34.4 Å². The Labute approximate surface area is 175 Å². The molecule has 0 amide bonds. The van der Waals surface area contributed by atoms with Crippen LogP contribution in [0.4, 0.5) is 0 Å². The van der Waals surface area contributed by atoms with E-state index in [-0.39, 0.29) is 4.91 Å². The van der Waals surface area contributed by atoms with Crippen LogP contribution >= 0.6 is 34.4 Å². The Morgan fingerprint density at radius 3 is 2.59 bits per heavy atom. The minimum Gasteiger partial charge on any atom is -0.477 e. The van der Waals surface area contributed by atoms with E-state index in [4.69, 9.17) is 0 Å². The summed E-state index contributed by atoms with van der Waals surface area (Å²) in [4.78, 5) is 16.1. The highest BCUT2D eigenvalue weighted by Gasteiger charge is 2.16. The van der Waals surface area contributed by atoms with E-state index in [1.165, 1.54) is 9.13 Å². The van der Waals surface area contributed by atoms with Crippen molar-refractivity contribution in [3.05, 3.63) is 61.1 Å². The SMILES string of the molecule is Cc1nc(S/C(=C\c2cc(C)n(-c3ccc(C)c(I)c3)c2C)C(=O)O)n[nH]1. The van der Waals surface area contributed by atoms with Gasteiger partial charge in [-0.15, -0.1) is 5.10 Å². The first-order valence-corrected chi connectivity index (χ1v) is 10.1. The molecule has 1 aromatic carbocycles. The number of nitrogens with zero attached hydrogens (tertiary/aromatic N) is 3. The Balaban J connectivity index is 2.02. The summed E-state index contributed by atoms with van der Waals surface area (Å²) in [6, 6.07) is 8.30. The monoisotopic (exact) mass is 494 g/mol. The topological polar surface area (TPSA) is 83.8 Å². The molecule has 3 rings (SSSR count). The largest absolute Gasteiger partial charge is 0.477 e. The van der Waals surface area contributed by atoms with E-state index in [1.54, 1.807) is 13.0 Å². The Bertz CT molecular complexity index is 1050. The molecule has 0 fully saturated rings. The van der Waals surface area contributed by atoms with Crippen LogP contribution in [0, 0.1) is 31.3 Å². The zero-order valence-electron chi connectivity index (χ0n) is 15.4. The molecule has 0 aliphatic heterocycles. The number of aryl methyl sites for hydroxylation is 3. The number of carbonyl (C=O) groups is 1. The average Bonchev–Trinajstić information content (AvgIpc) is 3.13. The summed E-state index contributed by atoms with van der Waals surface area (Å²) in [6.07, 6.45) is 1.68. The molecule has 0 unspecified atom stereocenters. The molecule has 27 heavy (non-hydrogen) atoms. The number of carboxylic acid groups (broad SMARTS) is 1. The van der Waals surface area contributed by atoms with Crippen molar-refractivity contribution < 1.29 is 9.90 Å². The maximum atomic E-state index is 11.7. The van der Waals surface area contributed by atoms with Crippen LogP contribution in [0.15, 0.2) is 34.3 Å². The average molecular weight is 494 g/mol. The molecular formula is C19H19IN4O2S. The number of carboxylic acids is 1. The number of aliphatic carboxylic acids is 1. The molecule has 0 atom stereocenters. The summed E-state index contributed by atoms with van der Waals surface area (Å²) in [5, 5.41) is 16.7. The number of rotatable bonds is 5. The van der Waals surface area contributed by atoms with Crippen LogP contribution in [0.5, 0.6) is 0 Å². The lowest BCUT2D eigenvalue weighted by Crippen LogP contribution is -2.01. The molecular weight excluding hydrogens is 475 g/mol. The van der Waals surface area contributed by atoms with E-state index < -0.39 is 5.97 Å². The van der Waals surface area contributed by atoms with Gasteiger partial charge in [-0.3, -0.25) is 5.10 Å². The number of hydrogen-bond donors (Lipinski definition) is 2. The van der Waals surface area contributed by atoms with Crippen LogP contribution in [0.3, 0.4) is 0 Å². The van der Waals surface area contributed by atoms with Crippen LogP contribution < -0.4 is 0 Å². The second kappa shape index (κ2) is 7.89. The third-order valence-corrected chi connectivity index (χ3v) is 6.20. The Morgan fingerprint density at radius 1 is 1.26 bits per heavy atom. The van der Waals surface area contributed by atoms with Crippen molar-refractivity contribution in [1.29, 1.82) is 0 Å². The zero-order chi connectivity index (χ0) is 19.7. The van der Waals surface area contributed by atoms with Gasteiger partial charge in [-0.05, 0) is 97.4 Å². The maximum absolute atomic E-state index is 11.7. The molecule has 140 valence electrons. The van der Waals surface area contributed by atoms with Crippen molar-refractivity contribution in [3.8, 4) is 5.69 Å². The summed E-state index contributed by atoms with van der Waals surface area (Å²) in [5.74, 6) is -0.355. The number of thioether (sulfide) groups is 1. The Morgan fingerprint density at radius 2 is 2.00 bits per heavy atom. The molecule has 0 aliphatic rings. The second-order valence-corrected chi connectivity index (χ2v) is 8.39. The highest BCUT2D eigenvalue weighted by atomic mass is 127. The van der Waals surface area contributed by atoms with Crippen LogP contribution in [0.2, 0.25) is 0 Å². The lowest BCUT2D eigenvalue weighted by molar-refractivity contribution is -0.131. The molecule has 3 aromatic rings. The van der Waals surface area contributed by atoms with Gasteiger partial charge in [0, 0.05) is 20.6 Å². The fraction of sp³-hybridized carbons (Fsp3) is 0.211. The first kappa shape index (κ1) is 19.7. The van der Waals surface area contributed by atoms with Gasteiger partial charge in [0.2, 0.25) is 5.16 Å². The smallest absolute Gasteiger partial charge is 0.342 e. The minimum absolute atomic E-state index is 0.174. The van der Waals surface area contributed by atoms with Crippen molar-refractivity contribution in [3.63, 3.8) is 0 Å². The number of H-pyrrole nitrogens is 1. The summed E-state index contributed by atoms with van der Waals surface area (Å²) >= 11 is 3.36. The molecule has 0 saturated heterocycles. The van der Waals surface area contributed by atoms with E-state index in [2.05, 4.69) is 67.5 Å². The fourth-order valence-electron chi connectivity index (χ4n) is 2.79. The summed E-state index contributed by atoms with van der Waals surface area (Å²) < 4.78 is 3.32. The number of halogens is 1. The lowest BCUT2D eigenvalue weighted by Gasteiger charge is -2.11. The van der Waals surface area contributed by atoms with Gasteiger partial charge in [0.1, 0.15) is 10.7 Å². The van der Waals surface area contributed by atoms with Gasteiger partial charge in [0.25, 0.3) is 0 Å². The number of benzene rings is 1. The third-order valence-electron chi connectivity index (χ3n) is 4.16. The second-order valence-electron chi connectivity index (χ2n) is 6.21. The van der Waals surface area contributed by atoms with Gasteiger partial charge >= 0.3 is 5.97 Å². The van der Waals surface area contributed by atoms with Crippen molar-refractivity contribution in [2.75, 3.05) is 0 Å². The Hall–Kier alpha value is -2.07. The minimum atomic E-state index is -1.00. The van der Waals surface area contributed by atoms with Gasteiger partial charge in [-0.2, -0.15) is 0 Å². The number of nitrogens with one attached hydrogen (secondary N) is 1. The first-order valence-electron chi connectivity index (χ1n) is 8.23. The number of aromatic amines is 1. The molecule has 2 aromatic heterocycles. The highest BCUT2D eigenvalue weighted by Crippen LogP contribution is 2.29. The number of hydrogen-bond acceptors (Lipinski definition) is 4.